The highest BCUT2D eigenvalue weighted by Gasteiger charge is 2.05. The molecule has 0 bridgehead atoms. The number of aromatic nitrogens is 3. The van der Waals surface area contributed by atoms with Gasteiger partial charge in [0, 0.05) is 19.3 Å². The number of anilines is 1. The minimum atomic E-state index is 0.302. The highest BCUT2D eigenvalue weighted by Crippen LogP contribution is 2.16. The molecule has 0 amide bonds. The van der Waals surface area contributed by atoms with Crippen LogP contribution >= 0.6 is 0 Å². The normalized spacial score (nSPS) is 10.4. The quantitative estimate of drug-likeness (QED) is 0.672. The highest BCUT2D eigenvalue weighted by atomic mass is 16.5. The third-order valence-electron chi connectivity index (χ3n) is 1.50. The van der Waals surface area contributed by atoms with Crippen molar-refractivity contribution in [2.24, 2.45) is 7.05 Å². The van der Waals surface area contributed by atoms with Crippen molar-refractivity contribution in [3.05, 3.63) is 18.6 Å². The lowest BCUT2D eigenvalue weighted by atomic mass is 10.3. The van der Waals surface area contributed by atoms with E-state index in [1.165, 1.54) is 0 Å². The molecule has 0 spiro atoms. The third-order valence-corrected chi connectivity index (χ3v) is 1.50. The maximum atomic E-state index is 5.36. The van der Waals surface area contributed by atoms with Crippen LogP contribution in [0.25, 0.3) is 11.4 Å². The topological polar surface area (TPSA) is 69.9 Å². The van der Waals surface area contributed by atoms with Crippen LogP contribution in [0.1, 0.15) is 0 Å². The molecule has 2 rings (SSSR count). The van der Waals surface area contributed by atoms with Gasteiger partial charge in [0.15, 0.2) is 0 Å². The van der Waals surface area contributed by atoms with Crippen LogP contribution in [0.4, 0.5) is 5.88 Å². The highest BCUT2D eigenvalue weighted by molar-refractivity contribution is 5.55. The standard InChI is InChI=1S/C7H8N4O/c1-11-3-6(9-4-11)5-2-7(8)12-10-5/h2-4H,8H2,1H3. The summed E-state index contributed by atoms with van der Waals surface area (Å²) >= 11 is 0. The van der Waals surface area contributed by atoms with E-state index in [1.54, 1.807) is 12.4 Å². The molecule has 0 aromatic carbocycles. The zero-order valence-corrected chi connectivity index (χ0v) is 6.56. The molecule has 0 aliphatic heterocycles. The zero-order valence-electron chi connectivity index (χ0n) is 6.56. The molecule has 2 N–H and O–H groups in total. The van der Waals surface area contributed by atoms with E-state index < -0.39 is 0 Å². The van der Waals surface area contributed by atoms with Crippen LogP contribution in [0.15, 0.2) is 23.1 Å². The molecule has 5 heteroatoms. The van der Waals surface area contributed by atoms with E-state index in [0.29, 0.717) is 11.6 Å². The Morgan fingerprint density at radius 2 is 2.33 bits per heavy atom. The molecule has 2 aromatic heterocycles. The molecular weight excluding hydrogens is 156 g/mol. The second-order valence-corrected chi connectivity index (χ2v) is 2.54. The summed E-state index contributed by atoms with van der Waals surface area (Å²) in [6.45, 7) is 0. The average molecular weight is 164 g/mol. The van der Waals surface area contributed by atoms with Crippen molar-refractivity contribution in [2.45, 2.75) is 0 Å². The SMILES string of the molecule is Cn1cnc(-c2cc(N)on2)c1. The summed E-state index contributed by atoms with van der Waals surface area (Å²) in [5.41, 5.74) is 6.78. The maximum Gasteiger partial charge on any atom is 0.222 e. The van der Waals surface area contributed by atoms with Crippen molar-refractivity contribution in [3.8, 4) is 11.4 Å². The number of nitrogens with zero attached hydrogens (tertiary/aromatic N) is 3. The van der Waals surface area contributed by atoms with Crippen molar-refractivity contribution in [2.75, 3.05) is 5.73 Å². The zero-order chi connectivity index (χ0) is 8.55. The average Bonchev–Trinajstić information content (AvgIpc) is 2.58. The van der Waals surface area contributed by atoms with Crippen LogP contribution in [0.5, 0.6) is 0 Å². The number of aryl methyl sites for hydroxylation is 1. The number of nitrogens with two attached hydrogens (primary N) is 1. The third kappa shape index (κ3) is 1.05. The molecule has 0 radical (unpaired) electrons. The van der Waals surface area contributed by atoms with Crippen LogP contribution in [-0.4, -0.2) is 14.7 Å². The van der Waals surface area contributed by atoms with Crippen LogP contribution in [0, 0.1) is 0 Å². The number of hydrogen-bond acceptors (Lipinski definition) is 4. The first-order valence-electron chi connectivity index (χ1n) is 3.46. The van der Waals surface area contributed by atoms with Gasteiger partial charge in [0.25, 0.3) is 0 Å². The van der Waals surface area contributed by atoms with Gasteiger partial charge in [0.2, 0.25) is 5.88 Å². The van der Waals surface area contributed by atoms with E-state index in [2.05, 4.69) is 10.1 Å². The van der Waals surface area contributed by atoms with Crippen LogP contribution in [-0.2, 0) is 7.05 Å². The fourth-order valence-corrected chi connectivity index (χ4v) is 0.955. The molecule has 0 unspecified atom stereocenters. The van der Waals surface area contributed by atoms with Crippen LogP contribution in [0.3, 0.4) is 0 Å². The van der Waals surface area contributed by atoms with Crippen LogP contribution in [0.2, 0.25) is 0 Å². The monoisotopic (exact) mass is 164 g/mol. The molecule has 0 fully saturated rings. The van der Waals surface area contributed by atoms with Gasteiger partial charge in [-0.1, -0.05) is 5.16 Å². The van der Waals surface area contributed by atoms with Crippen molar-refractivity contribution in [1.82, 2.24) is 14.7 Å². The summed E-state index contributed by atoms with van der Waals surface area (Å²) in [5.74, 6) is 0.302. The predicted molar refractivity (Wildman–Crippen MR) is 43.1 cm³/mol. The molecule has 2 heterocycles. The van der Waals surface area contributed by atoms with Gasteiger partial charge in [-0.05, 0) is 0 Å². The van der Waals surface area contributed by atoms with E-state index >= 15 is 0 Å². The number of rotatable bonds is 1. The van der Waals surface area contributed by atoms with Crippen molar-refractivity contribution in [1.29, 1.82) is 0 Å². The lowest BCUT2D eigenvalue weighted by Crippen LogP contribution is -1.78. The van der Waals surface area contributed by atoms with Gasteiger partial charge in [-0.15, -0.1) is 0 Å². The molecule has 0 saturated carbocycles. The first-order valence-corrected chi connectivity index (χ1v) is 3.46. The summed E-state index contributed by atoms with van der Waals surface area (Å²) in [6, 6.07) is 1.64. The van der Waals surface area contributed by atoms with Gasteiger partial charge in [-0.2, -0.15) is 0 Å². The van der Waals surface area contributed by atoms with E-state index in [-0.39, 0.29) is 0 Å². The summed E-state index contributed by atoms with van der Waals surface area (Å²) in [5, 5.41) is 3.72. The minimum Gasteiger partial charge on any atom is -0.368 e. The molecule has 0 aliphatic carbocycles. The minimum absolute atomic E-state index is 0.302. The molecule has 12 heavy (non-hydrogen) atoms. The van der Waals surface area contributed by atoms with Crippen molar-refractivity contribution in [3.63, 3.8) is 0 Å². The van der Waals surface area contributed by atoms with Gasteiger partial charge >= 0.3 is 0 Å². The lowest BCUT2D eigenvalue weighted by molar-refractivity contribution is 0.439. The number of imidazole rings is 1. The van der Waals surface area contributed by atoms with Crippen molar-refractivity contribution >= 4 is 5.88 Å². The summed E-state index contributed by atoms with van der Waals surface area (Å²) in [6.07, 6.45) is 3.54. The number of nitrogen functional groups attached to an aromatic ring is 1. The molecular formula is C7H8N4O. The molecule has 2 aromatic rings. The van der Waals surface area contributed by atoms with Gasteiger partial charge < -0.3 is 14.8 Å². The second-order valence-electron chi connectivity index (χ2n) is 2.54. The first kappa shape index (κ1) is 6.90. The second kappa shape index (κ2) is 2.37. The van der Waals surface area contributed by atoms with Gasteiger partial charge in [0.05, 0.1) is 6.33 Å². The fourth-order valence-electron chi connectivity index (χ4n) is 0.955. The Hall–Kier alpha value is -1.78. The van der Waals surface area contributed by atoms with Gasteiger partial charge in [0.1, 0.15) is 11.4 Å². The Morgan fingerprint density at radius 1 is 1.50 bits per heavy atom. The largest absolute Gasteiger partial charge is 0.368 e. The molecule has 62 valence electrons. The molecule has 0 atom stereocenters. The predicted octanol–water partition coefficient (Wildman–Crippen LogP) is 0.657. The van der Waals surface area contributed by atoms with Gasteiger partial charge in [-0.3, -0.25) is 0 Å². The summed E-state index contributed by atoms with van der Waals surface area (Å²) in [7, 11) is 1.89. The van der Waals surface area contributed by atoms with E-state index in [4.69, 9.17) is 10.3 Å². The lowest BCUT2D eigenvalue weighted by Gasteiger charge is -1.83. The Kier molecular flexibility index (Phi) is 1.36. The van der Waals surface area contributed by atoms with Crippen LogP contribution < -0.4 is 5.73 Å². The van der Waals surface area contributed by atoms with E-state index in [1.807, 2.05) is 17.8 Å². The maximum absolute atomic E-state index is 5.36. The Bertz CT molecular complexity index is 351. The van der Waals surface area contributed by atoms with E-state index in [0.717, 1.165) is 5.69 Å². The summed E-state index contributed by atoms with van der Waals surface area (Å²) < 4.78 is 6.54. The Balaban J connectivity index is 2.43. The molecule has 0 saturated heterocycles. The molecule has 0 aliphatic rings. The number of hydrogen-bond donors (Lipinski definition) is 1. The Labute approximate surface area is 68.8 Å². The van der Waals surface area contributed by atoms with E-state index in [9.17, 15) is 0 Å². The fraction of sp³-hybridized carbons (Fsp3) is 0.143. The first-order chi connectivity index (χ1) is 5.75. The smallest absolute Gasteiger partial charge is 0.222 e. The van der Waals surface area contributed by atoms with Gasteiger partial charge in [-0.25, -0.2) is 4.98 Å². The Morgan fingerprint density at radius 3 is 2.83 bits per heavy atom. The molecule has 5 nitrogen and oxygen atoms in total. The summed E-state index contributed by atoms with van der Waals surface area (Å²) in [4.78, 5) is 4.08. The van der Waals surface area contributed by atoms with Crippen molar-refractivity contribution < 1.29 is 4.52 Å².